The Morgan fingerprint density at radius 3 is 2.86 bits per heavy atom. The molecule has 0 saturated carbocycles. The number of hydrogen-bond acceptors (Lipinski definition) is 2. The second-order valence-corrected chi connectivity index (χ2v) is 4.96. The van der Waals surface area contributed by atoms with E-state index < -0.39 is 0 Å². The Morgan fingerprint density at radius 1 is 1.57 bits per heavy atom. The molecule has 0 spiro atoms. The van der Waals surface area contributed by atoms with Gasteiger partial charge in [0.25, 0.3) is 0 Å². The minimum atomic E-state index is 0.135. The normalized spacial score (nSPS) is 10.1. The lowest BCUT2D eigenvalue weighted by Gasteiger charge is -2.07. The van der Waals surface area contributed by atoms with Crippen LogP contribution in [0, 0.1) is 5.41 Å². The van der Waals surface area contributed by atoms with Crippen molar-refractivity contribution in [3.63, 3.8) is 0 Å². The van der Waals surface area contributed by atoms with E-state index in [1.165, 1.54) is 0 Å². The molecule has 1 aromatic rings. The van der Waals surface area contributed by atoms with Gasteiger partial charge in [-0.2, -0.15) is 0 Å². The highest BCUT2D eigenvalue weighted by atomic mass is 79.9. The smallest absolute Gasteiger partial charge is 0.123 e. The van der Waals surface area contributed by atoms with E-state index in [9.17, 15) is 0 Å². The molecule has 76 valence electrons. The summed E-state index contributed by atoms with van der Waals surface area (Å²) in [6.07, 6.45) is 1.12. The Bertz CT molecular complexity index is 339. The molecule has 0 aliphatic rings. The minimum Gasteiger partial charge on any atom is -0.384 e. The average Bonchev–Trinajstić information content (AvgIpc) is 2.14. The molecule has 0 atom stereocenters. The fourth-order valence-corrected chi connectivity index (χ4v) is 2.53. The summed E-state index contributed by atoms with van der Waals surface area (Å²) in [5, 5.41) is 7.43. The summed E-state index contributed by atoms with van der Waals surface area (Å²) in [5.41, 5.74) is 6.32. The maximum atomic E-state index is 7.43. The molecule has 0 bridgehead atoms. The van der Waals surface area contributed by atoms with E-state index in [1.807, 2.05) is 18.2 Å². The molecule has 0 aromatic heterocycles. The number of benzene rings is 1. The fraction of sp³-hybridized carbons (Fsp3) is 0.300. The highest BCUT2D eigenvalue weighted by Crippen LogP contribution is 2.26. The van der Waals surface area contributed by atoms with Crippen LogP contribution in [0.5, 0.6) is 0 Å². The van der Waals surface area contributed by atoms with Crippen LogP contribution in [-0.4, -0.2) is 11.6 Å². The predicted molar refractivity (Wildman–Crippen MR) is 66.2 cm³/mol. The second kappa shape index (κ2) is 5.41. The van der Waals surface area contributed by atoms with Gasteiger partial charge in [-0.15, -0.1) is 11.8 Å². The second-order valence-electron chi connectivity index (χ2n) is 2.90. The van der Waals surface area contributed by atoms with Gasteiger partial charge in [-0.05, 0) is 30.4 Å². The number of hydrogen-bond donors (Lipinski definition) is 2. The van der Waals surface area contributed by atoms with Crippen LogP contribution in [0.1, 0.15) is 18.9 Å². The van der Waals surface area contributed by atoms with Gasteiger partial charge in [-0.25, -0.2) is 0 Å². The first-order valence-electron chi connectivity index (χ1n) is 4.42. The summed E-state index contributed by atoms with van der Waals surface area (Å²) in [6, 6.07) is 5.80. The van der Waals surface area contributed by atoms with Gasteiger partial charge in [0, 0.05) is 14.9 Å². The lowest BCUT2D eigenvalue weighted by Crippen LogP contribution is -2.12. The molecule has 0 saturated heterocycles. The zero-order valence-corrected chi connectivity index (χ0v) is 10.4. The van der Waals surface area contributed by atoms with Crippen LogP contribution < -0.4 is 5.73 Å². The molecule has 0 aliphatic heterocycles. The average molecular weight is 273 g/mol. The van der Waals surface area contributed by atoms with Crippen molar-refractivity contribution in [2.24, 2.45) is 5.73 Å². The van der Waals surface area contributed by atoms with E-state index in [-0.39, 0.29) is 5.84 Å². The lowest BCUT2D eigenvalue weighted by molar-refractivity contribution is 1.10. The highest BCUT2D eigenvalue weighted by Gasteiger charge is 2.05. The highest BCUT2D eigenvalue weighted by molar-refractivity contribution is 9.10. The van der Waals surface area contributed by atoms with Crippen molar-refractivity contribution in [1.82, 2.24) is 0 Å². The molecule has 0 radical (unpaired) electrons. The summed E-state index contributed by atoms with van der Waals surface area (Å²) >= 11 is 5.15. The van der Waals surface area contributed by atoms with Crippen LogP contribution in [-0.2, 0) is 0 Å². The van der Waals surface area contributed by atoms with Crippen LogP contribution in [0.15, 0.2) is 27.6 Å². The number of halogens is 1. The molecule has 0 aliphatic carbocycles. The Morgan fingerprint density at radius 2 is 2.29 bits per heavy atom. The number of rotatable bonds is 4. The maximum Gasteiger partial charge on any atom is 0.123 e. The minimum absolute atomic E-state index is 0.135. The molecule has 2 nitrogen and oxygen atoms in total. The predicted octanol–water partition coefficient (Wildman–Crippen LogP) is 3.24. The topological polar surface area (TPSA) is 49.9 Å². The molecular weight excluding hydrogens is 260 g/mol. The summed E-state index contributed by atoms with van der Waals surface area (Å²) in [5.74, 6) is 1.19. The van der Waals surface area contributed by atoms with Gasteiger partial charge >= 0.3 is 0 Å². The van der Waals surface area contributed by atoms with Crippen molar-refractivity contribution in [3.8, 4) is 0 Å². The lowest BCUT2D eigenvalue weighted by atomic mass is 10.2. The van der Waals surface area contributed by atoms with Gasteiger partial charge in [0.2, 0.25) is 0 Å². The van der Waals surface area contributed by atoms with E-state index in [0.29, 0.717) is 0 Å². The molecule has 1 rings (SSSR count). The summed E-state index contributed by atoms with van der Waals surface area (Å²) in [4.78, 5) is 1.08. The molecule has 1 aromatic carbocycles. The molecule has 0 unspecified atom stereocenters. The van der Waals surface area contributed by atoms with Crippen LogP contribution in [0.3, 0.4) is 0 Å². The van der Waals surface area contributed by atoms with Crippen LogP contribution >= 0.6 is 27.7 Å². The monoisotopic (exact) mass is 272 g/mol. The van der Waals surface area contributed by atoms with Crippen molar-refractivity contribution in [2.75, 3.05) is 5.75 Å². The van der Waals surface area contributed by atoms with E-state index in [0.717, 1.165) is 27.1 Å². The van der Waals surface area contributed by atoms with Gasteiger partial charge in [0.1, 0.15) is 5.84 Å². The largest absolute Gasteiger partial charge is 0.384 e. The standard InChI is InChI=1S/C10H13BrN2S/c1-2-5-14-9-6-7(11)3-4-8(9)10(12)13/h3-4,6H,2,5H2,1H3,(H3,12,13). The van der Waals surface area contributed by atoms with E-state index in [2.05, 4.69) is 22.9 Å². The third-order valence-corrected chi connectivity index (χ3v) is 3.45. The van der Waals surface area contributed by atoms with Crippen molar-refractivity contribution in [1.29, 1.82) is 5.41 Å². The van der Waals surface area contributed by atoms with Crippen molar-refractivity contribution in [2.45, 2.75) is 18.2 Å². The number of thioether (sulfide) groups is 1. The van der Waals surface area contributed by atoms with Gasteiger partial charge in [-0.1, -0.05) is 22.9 Å². The summed E-state index contributed by atoms with van der Waals surface area (Å²) in [6.45, 7) is 2.14. The Hall–Kier alpha value is -0.480. The van der Waals surface area contributed by atoms with E-state index in [1.54, 1.807) is 11.8 Å². The third kappa shape index (κ3) is 3.03. The Labute approximate surface area is 96.9 Å². The molecule has 4 heteroatoms. The zero-order valence-electron chi connectivity index (χ0n) is 8.01. The molecule has 0 amide bonds. The SMILES string of the molecule is CCCSc1cc(Br)ccc1C(=N)N. The maximum absolute atomic E-state index is 7.43. The molecule has 0 heterocycles. The van der Waals surface area contributed by atoms with Gasteiger partial charge < -0.3 is 5.73 Å². The number of nitrogen functional groups attached to an aromatic ring is 1. The van der Waals surface area contributed by atoms with Crippen LogP contribution in [0.25, 0.3) is 0 Å². The molecular formula is C10H13BrN2S. The van der Waals surface area contributed by atoms with Crippen molar-refractivity contribution in [3.05, 3.63) is 28.2 Å². The molecule has 0 fully saturated rings. The fourth-order valence-electron chi connectivity index (χ4n) is 1.05. The van der Waals surface area contributed by atoms with Gasteiger partial charge in [0.05, 0.1) is 0 Å². The first-order chi connectivity index (χ1) is 6.65. The molecule has 3 N–H and O–H groups in total. The Kier molecular flexibility index (Phi) is 4.48. The summed E-state index contributed by atoms with van der Waals surface area (Å²) < 4.78 is 1.03. The Balaban J connectivity index is 2.97. The van der Waals surface area contributed by atoms with E-state index in [4.69, 9.17) is 11.1 Å². The number of nitrogens with two attached hydrogens (primary N) is 1. The van der Waals surface area contributed by atoms with Gasteiger partial charge in [0.15, 0.2) is 0 Å². The summed E-state index contributed by atoms with van der Waals surface area (Å²) in [7, 11) is 0. The van der Waals surface area contributed by atoms with Crippen LogP contribution in [0.4, 0.5) is 0 Å². The first kappa shape index (κ1) is 11.6. The van der Waals surface area contributed by atoms with Crippen molar-refractivity contribution < 1.29 is 0 Å². The third-order valence-electron chi connectivity index (χ3n) is 1.70. The van der Waals surface area contributed by atoms with Crippen molar-refractivity contribution >= 4 is 33.5 Å². The molecule has 14 heavy (non-hydrogen) atoms. The zero-order chi connectivity index (χ0) is 10.6. The van der Waals surface area contributed by atoms with Crippen LogP contribution in [0.2, 0.25) is 0 Å². The first-order valence-corrected chi connectivity index (χ1v) is 6.19. The van der Waals surface area contributed by atoms with Gasteiger partial charge in [-0.3, -0.25) is 5.41 Å². The number of nitrogens with one attached hydrogen (secondary N) is 1. The quantitative estimate of drug-likeness (QED) is 0.502. The number of amidine groups is 1. The van der Waals surface area contributed by atoms with E-state index >= 15 is 0 Å².